The molecule has 0 amide bonds. The molecule has 1 aromatic rings. The maximum Gasteiger partial charge on any atom is 0.0668 e. The van der Waals surface area contributed by atoms with Gasteiger partial charge in [-0.15, -0.1) is 0 Å². The predicted molar refractivity (Wildman–Crippen MR) is 66.2 cm³/mol. The van der Waals surface area contributed by atoms with Gasteiger partial charge in [0.1, 0.15) is 0 Å². The van der Waals surface area contributed by atoms with Crippen molar-refractivity contribution in [2.45, 2.75) is 25.8 Å². The van der Waals surface area contributed by atoms with Gasteiger partial charge in [0.25, 0.3) is 0 Å². The molecule has 0 aliphatic carbocycles. The van der Waals surface area contributed by atoms with Crippen molar-refractivity contribution in [3.63, 3.8) is 0 Å². The van der Waals surface area contributed by atoms with Gasteiger partial charge in [0.2, 0.25) is 0 Å². The Kier molecular flexibility index (Phi) is 4.98. The molecule has 0 aliphatic heterocycles. The van der Waals surface area contributed by atoms with Crippen LogP contribution in [0.3, 0.4) is 0 Å². The van der Waals surface area contributed by atoms with Crippen LogP contribution in [-0.4, -0.2) is 6.04 Å². The normalized spacial score (nSPS) is 11.7. The highest BCUT2D eigenvalue weighted by Crippen LogP contribution is 2.21. The lowest BCUT2D eigenvalue weighted by atomic mass is 10.1. The Labute approximate surface area is 101 Å². The quantitative estimate of drug-likeness (QED) is 0.789. The van der Waals surface area contributed by atoms with Crippen LogP contribution in [0.2, 0.25) is 10.0 Å². The molecule has 0 radical (unpaired) electrons. The standard InChI is InChI=1S/C12H13Cl2N/c1-2-3-10(15)6-4-9-5-7-11(13)12(14)8-9/h5,7-8,10H,2-3,15H2,1H3. The average Bonchev–Trinajstić information content (AvgIpc) is 2.20. The highest BCUT2D eigenvalue weighted by molar-refractivity contribution is 6.42. The Hall–Kier alpha value is -0.680. The van der Waals surface area contributed by atoms with Gasteiger partial charge in [-0.3, -0.25) is 0 Å². The topological polar surface area (TPSA) is 26.0 Å². The zero-order valence-corrected chi connectivity index (χ0v) is 10.1. The molecule has 0 saturated heterocycles. The van der Waals surface area contributed by atoms with E-state index in [-0.39, 0.29) is 6.04 Å². The van der Waals surface area contributed by atoms with E-state index in [9.17, 15) is 0 Å². The van der Waals surface area contributed by atoms with Gasteiger partial charge in [0.05, 0.1) is 16.1 Å². The molecule has 2 N–H and O–H groups in total. The average molecular weight is 242 g/mol. The molecule has 1 atom stereocenters. The van der Waals surface area contributed by atoms with Crippen molar-refractivity contribution in [3.8, 4) is 11.8 Å². The fourth-order valence-corrected chi connectivity index (χ4v) is 1.43. The Morgan fingerprint density at radius 3 is 2.67 bits per heavy atom. The minimum atomic E-state index is -0.0653. The number of rotatable bonds is 2. The van der Waals surface area contributed by atoms with E-state index in [0.717, 1.165) is 18.4 Å². The monoisotopic (exact) mass is 241 g/mol. The van der Waals surface area contributed by atoms with E-state index in [2.05, 4.69) is 18.8 Å². The van der Waals surface area contributed by atoms with Crippen LogP contribution < -0.4 is 5.73 Å². The van der Waals surface area contributed by atoms with Crippen molar-refractivity contribution in [1.82, 2.24) is 0 Å². The third-order valence-electron chi connectivity index (χ3n) is 1.92. The minimum Gasteiger partial charge on any atom is -0.318 e. The first kappa shape index (κ1) is 12.4. The van der Waals surface area contributed by atoms with Crippen LogP contribution in [0.5, 0.6) is 0 Å². The van der Waals surface area contributed by atoms with Crippen LogP contribution >= 0.6 is 23.2 Å². The Morgan fingerprint density at radius 2 is 2.07 bits per heavy atom. The van der Waals surface area contributed by atoms with E-state index in [1.54, 1.807) is 12.1 Å². The Bertz CT molecular complexity index is 390. The molecule has 0 aliphatic rings. The van der Waals surface area contributed by atoms with E-state index in [1.807, 2.05) is 6.07 Å². The lowest BCUT2D eigenvalue weighted by Crippen LogP contribution is -2.16. The van der Waals surface area contributed by atoms with Gasteiger partial charge in [0.15, 0.2) is 0 Å². The second-order valence-electron chi connectivity index (χ2n) is 3.29. The maximum absolute atomic E-state index is 5.86. The molecular formula is C12H13Cl2N. The first-order chi connectivity index (χ1) is 7.13. The molecule has 15 heavy (non-hydrogen) atoms. The maximum atomic E-state index is 5.86. The van der Waals surface area contributed by atoms with Gasteiger partial charge in [-0.2, -0.15) is 0 Å². The highest BCUT2D eigenvalue weighted by atomic mass is 35.5. The van der Waals surface area contributed by atoms with Gasteiger partial charge < -0.3 is 5.73 Å². The molecule has 1 unspecified atom stereocenters. The van der Waals surface area contributed by atoms with Gasteiger partial charge in [0, 0.05) is 5.56 Å². The first-order valence-electron chi connectivity index (χ1n) is 4.85. The van der Waals surface area contributed by atoms with Gasteiger partial charge in [-0.25, -0.2) is 0 Å². The number of benzene rings is 1. The largest absolute Gasteiger partial charge is 0.318 e. The molecule has 0 bridgehead atoms. The summed E-state index contributed by atoms with van der Waals surface area (Å²) in [6.07, 6.45) is 1.95. The molecule has 0 fully saturated rings. The molecule has 0 saturated carbocycles. The van der Waals surface area contributed by atoms with Crippen molar-refractivity contribution >= 4 is 23.2 Å². The molecule has 1 aromatic carbocycles. The molecule has 0 heterocycles. The summed E-state index contributed by atoms with van der Waals surface area (Å²) in [5.41, 5.74) is 6.61. The van der Waals surface area contributed by atoms with Crippen LogP contribution in [0, 0.1) is 11.8 Å². The molecule has 80 valence electrons. The molecule has 1 rings (SSSR count). The summed E-state index contributed by atoms with van der Waals surface area (Å²) in [5, 5.41) is 1.06. The Morgan fingerprint density at radius 1 is 1.33 bits per heavy atom. The molecule has 1 nitrogen and oxygen atoms in total. The summed E-state index contributed by atoms with van der Waals surface area (Å²) in [4.78, 5) is 0. The molecular weight excluding hydrogens is 229 g/mol. The summed E-state index contributed by atoms with van der Waals surface area (Å²) in [7, 11) is 0. The van der Waals surface area contributed by atoms with Crippen LogP contribution in [0.4, 0.5) is 0 Å². The fraction of sp³-hybridized carbons (Fsp3) is 0.333. The van der Waals surface area contributed by atoms with Crippen LogP contribution in [0.15, 0.2) is 18.2 Å². The summed E-state index contributed by atoms with van der Waals surface area (Å²) >= 11 is 11.6. The zero-order chi connectivity index (χ0) is 11.3. The van der Waals surface area contributed by atoms with Crippen molar-refractivity contribution in [3.05, 3.63) is 33.8 Å². The summed E-state index contributed by atoms with van der Waals surface area (Å²) in [6.45, 7) is 2.08. The predicted octanol–water partition coefficient (Wildman–Crippen LogP) is 3.47. The van der Waals surface area contributed by atoms with Crippen molar-refractivity contribution in [1.29, 1.82) is 0 Å². The lowest BCUT2D eigenvalue weighted by molar-refractivity contribution is 0.720. The van der Waals surface area contributed by atoms with Crippen LogP contribution in [0.1, 0.15) is 25.3 Å². The van der Waals surface area contributed by atoms with Crippen LogP contribution in [0.25, 0.3) is 0 Å². The van der Waals surface area contributed by atoms with Gasteiger partial charge in [-0.05, 0) is 24.6 Å². The Balaban J connectivity index is 2.76. The zero-order valence-electron chi connectivity index (χ0n) is 8.56. The molecule has 0 spiro atoms. The summed E-state index contributed by atoms with van der Waals surface area (Å²) < 4.78 is 0. The van der Waals surface area contributed by atoms with E-state index in [1.165, 1.54) is 0 Å². The number of hydrogen-bond donors (Lipinski definition) is 1. The van der Waals surface area contributed by atoms with E-state index in [4.69, 9.17) is 28.9 Å². The van der Waals surface area contributed by atoms with Crippen LogP contribution in [-0.2, 0) is 0 Å². The van der Waals surface area contributed by atoms with Gasteiger partial charge >= 0.3 is 0 Å². The SMILES string of the molecule is CCCC(N)C#Cc1ccc(Cl)c(Cl)c1. The molecule has 0 aromatic heterocycles. The minimum absolute atomic E-state index is 0.0653. The number of hydrogen-bond acceptors (Lipinski definition) is 1. The fourth-order valence-electron chi connectivity index (χ4n) is 1.13. The van der Waals surface area contributed by atoms with E-state index >= 15 is 0 Å². The smallest absolute Gasteiger partial charge is 0.0668 e. The van der Waals surface area contributed by atoms with E-state index in [0.29, 0.717) is 10.0 Å². The van der Waals surface area contributed by atoms with Crippen molar-refractivity contribution in [2.24, 2.45) is 5.73 Å². The third kappa shape index (κ3) is 4.13. The molecule has 3 heteroatoms. The van der Waals surface area contributed by atoms with Crippen molar-refractivity contribution < 1.29 is 0 Å². The third-order valence-corrected chi connectivity index (χ3v) is 2.66. The summed E-state index contributed by atoms with van der Waals surface area (Å²) in [6, 6.07) is 5.25. The highest BCUT2D eigenvalue weighted by Gasteiger charge is 1.97. The summed E-state index contributed by atoms with van der Waals surface area (Å²) in [5.74, 6) is 5.95. The van der Waals surface area contributed by atoms with E-state index < -0.39 is 0 Å². The first-order valence-corrected chi connectivity index (χ1v) is 5.61. The van der Waals surface area contributed by atoms with Gasteiger partial charge in [-0.1, -0.05) is 48.4 Å². The second kappa shape index (κ2) is 6.02. The second-order valence-corrected chi connectivity index (χ2v) is 4.11. The lowest BCUT2D eigenvalue weighted by Gasteiger charge is -1.99. The number of halogens is 2. The number of nitrogens with two attached hydrogens (primary N) is 1. The van der Waals surface area contributed by atoms with Crippen molar-refractivity contribution in [2.75, 3.05) is 0 Å².